The van der Waals surface area contributed by atoms with Gasteiger partial charge in [0.25, 0.3) is 0 Å². The van der Waals surface area contributed by atoms with Crippen LogP contribution in [0.25, 0.3) is 82.5 Å². The molecule has 3 heterocycles. The molecule has 0 radical (unpaired) electrons. The van der Waals surface area contributed by atoms with Gasteiger partial charge < -0.3 is 13.7 Å². The van der Waals surface area contributed by atoms with Crippen LogP contribution in [0.3, 0.4) is 0 Å². The van der Waals surface area contributed by atoms with Crippen LogP contribution in [-0.4, -0.2) is 13.7 Å². The number of benzene rings is 7. The van der Waals surface area contributed by atoms with Gasteiger partial charge in [0.1, 0.15) is 0 Å². The highest BCUT2D eigenvalue weighted by Crippen LogP contribution is 2.42. The number of nitriles is 2. The van der Waals surface area contributed by atoms with E-state index in [1.807, 2.05) is 36.4 Å². The van der Waals surface area contributed by atoms with Gasteiger partial charge >= 0.3 is 0 Å². The lowest BCUT2D eigenvalue weighted by molar-refractivity contribution is 1.12. The molecular weight excluding hydrogens is 599 g/mol. The predicted molar refractivity (Wildman–Crippen MR) is 199 cm³/mol. The maximum Gasteiger partial charge on any atom is 0.0991 e. The number of fused-ring (bicyclic) bond motifs is 10. The Balaban J connectivity index is 1.35. The number of hydrogen-bond acceptors (Lipinski definition) is 2. The van der Waals surface area contributed by atoms with Crippen LogP contribution in [0.2, 0.25) is 0 Å². The lowest BCUT2D eigenvalue weighted by Crippen LogP contribution is -2.00. The van der Waals surface area contributed by atoms with E-state index in [1.165, 1.54) is 10.8 Å². The molecule has 0 aliphatic heterocycles. The van der Waals surface area contributed by atoms with Gasteiger partial charge in [0.2, 0.25) is 0 Å². The largest absolute Gasteiger partial charge is 0.309 e. The first kappa shape index (κ1) is 27.1. The Kier molecular flexibility index (Phi) is 5.64. The molecule has 0 aliphatic carbocycles. The summed E-state index contributed by atoms with van der Waals surface area (Å²) in [4.78, 5) is 0. The summed E-state index contributed by atoms with van der Waals surface area (Å²) in [7, 11) is 0. The summed E-state index contributed by atoms with van der Waals surface area (Å²) in [6, 6.07) is 57.2. The first-order chi connectivity index (χ1) is 24.2. The molecular formula is C44H25N5. The van der Waals surface area contributed by atoms with Gasteiger partial charge in [0.05, 0.1) is 56.4 Å². The predicted octanol–water partition coefficient (Wildman–Crippen LogP) is 10.7. The molecule has 0 atom stereocenters. The van der Waals surface area contributed by atoms with Gasteiger partial charge in [-0.05, 0) is 78.9 Å². The zero-order chi connectivity index (χ0) is 32.6. The smallest absolute Gasteiger partial charge is 0.0991 e. The van der Waals surface area contributed by atoms with Crippen molar-refractivity contribution in [3.05, 3.63) is 163 Å². The van der Waals surface area contributed by atoms with Crippen molar-refractivity contribution in [1.82, 2.24) is 13.7 Å². The summed E-state index contributed by atoms with van der Waals surface area (Å²) in [6.45, 7) is 0. The van der Waals surface area contributed by atoms with Crippen molar-refractivity contribution in [2.45, 2.75) is 0 Å². The normalized spacial score (nSPS) is 11.6. The molecule has 0 bridgehead atoms. The van der Waals surface area contributed by atoms with Crippen LogP contribution in [0.4, 0.5) is 0 Å². The van der Waals surface area contributed by atoms with Crippen molar-refractivity contribution in [3.63, 3.8) is 0 Å². The minimum absolute atomic E-state index is 0.631. The first-order valence-electron chi connectivity index (χ1n) is 16.2. The summed E-state index contributed by atoms with van der Waals surface area (Å²) in [5.41, 5.74) is 10.9. The van der Waals surface area contributed by atoms with Crippen molar-refractivity contribution >= 4 is 65.4 Å². The van der Waals surface area contributed by atoms with E-state index in [2.05, 4.69) is 141 Å². The lowest BCUT2D eigenvalue weighted by Gasteiger charge is -2.14. The summed E-state index contributed by atoms with van der Waals surface area (Å²) in [6.07, 6.45) is 0. The molecule has 10 aromatic rings. The highest BCUT2D eigenvalue weighted by Gasteiger charge is 2.22. The summed E-state index contributed by atoms with van der Waals surface area (Å²) >= 11 is 0. The van der Waals surface area contributed by atoms with Gasteiger partial charge in [0, 0.05) is 49.4 Å². The van der Waals surface area contributed by atoms with E-state index in [0.717, 1.165) is 71.7 Å². The lowest BCUT2D eigenvalue weighted by atomic mass is 10.1. The number of hydrogen-bond donors (Lipinski definition) is 0. The molecule has 5 nitrogen and oxygen atoms in total. The highest BCUT2D eigenvalue weighted by molar-refractivity contribution is 6.24. The van der Waals surface area contributed by atoms with Gasteiger partial charge in [-0.3, -0.25) is 0 Å². The van der Waals surface area contributed by atoms with Crippen LogP contribution < -0.4 is 0 Å². The van der Waals surface area contributed by atoms with E-state index in [4.69, 9.17) is 0 Å². The molecule has 5 heteroatoms. The molecule has 0 N–H and O–H groups in total. The molecule has 0 saturated carbocycles. The highest BCUT2D eigenvalue weighted by atomic mass is 15.1. The van der Waals surface area contributed by atoms with Gasteiger partial charge in [-0.25, -0.2) is 0 Å². The third-order valence-electron chi connectivity index (χ3n) is 9.85. The van der Waals surface area contributed by atoms with Crippen molar-refractivity contribution < 1.29 is 0 Å². The number of para-hydroxylation sites is 3. The molecule has 0 fully saturated rings. The van der Waals surface area contributed by atoms with Gasteiger partial charge in [-0.2, -0.15) is 10.5 Å². The minimum Gasteiger partial charge on any atom is -0.309 e. The van der Waals surface area contributed by atoms with E-state index >= 15 is 0 Å². The van der Waals surface area contributed by atoms with Gasteiger partial charge in [0.15, 0.2) is 0 Å². The van der Waals surface area contributed by atoms with Crippen LogP contribution in [0, 0.1) is 22.7 Å². The molecule has 10 rings (SSSR count). The van der Waals surface area contributed by atoms with Crippen molar-refractivity contribution in [2.24, 2.45) is 0 Å². The monoisotopic (exact) mass is 623 g/mol. The average Bonchev–Trinajstić information content (AvgIpc) is 3.80. The Morgan fingerprint density at radius 3 is 1.43 bits per heavy atom. The standard InChI is InChI=1S/C44H25N5/c45-26-28-17-21-41-37(23-28)34-14-5-6-15-39(34)47(41)31-11-8-12-32(25-31)49-42-22-18-29(27-46)24-38(42)36-20-19-35-33-13-4-7-16-40(33)48(43(35)44(36)49)30-9-2-1-3-10-30/h1-25H. The molecule has 0 amide bonds. The Hall–Kier alpha value is -7.08. The summed E-state index contributed by atoms with van der Waals surface area (Å²) in [5, 5.41) is 26.2. The Bertz CT molecular complexity index is 3070. The number of nitrogens with zero attached hydrogens (tertiary/aromatic N) is 5. The van der Waals surface area contributed by atoms with E-state index in [-0.39, 0.29) is 0 Å². The van der Waals surface area contributed by atoms with Crippen LogP contribution >= 0.6 is 0 Å². The molecule has 0 aliphatic rings. The Morgan fingerprint density at radius 1 is 0.327 bits per heavy atom. The average molecular weight is 624 g/mol. The molecule has 0 unspecified atom stereocenters. The van der Waals surface area contributed by atoms with E-state index in [0.29, 0.717) is 11.1 Å². The second-order valence-corrected chi connectivity index (χ2v) is 12.4. The molecule has 7 aromatic carbocycles. The van der Waals surface area contributed by atoms with Crippen LogP contribution in [0.1, 0.15) is 11.1 Å². The zero-order valence-electron chi connectivity index (χ0n) is 26.2. The van der Waals surface area contributed by atoms with Crippen molar-refractivity contribution in [3.8, 4) is 29.2 Å². The number of aromatic nitrogens is 3. The van der Waals surface area contributed by atoms with Gasteiger partial charge in [-0.1, -0.05) is 72.8 Å². The van der Waals surface area contributed by atoms with E-state index in [1.54, 1.807) is 0 Å². The van der Waals surface area contributed by atoms with Crippen LogP contribution in [0.5, 0.6) is 0 Å². The van der Waals surface area contributed by atoms with Gasteiger partial charge in [-0.15, -0.1) is 0 Å². The maximum atomic E-state index is 9.92. The molecule has 0 saturated heterocycles. The summed E-state index contributed by atoms with van der Waals surface area (Å²) < 4.78 is 7.02. The van der Waals surface area contributed by atoms with E-state index < -0.39 is 0 Å². The minimum atomic E-state index is 0.631. The van der Waals surface area contributed by atoms with E-state index in [9.17, 15) is 10.5 Å². The second-order valence-electron chi connectivity index (χ2n) is 12.4. The quantitative estimate of drug-likeness (QED) is 0.197. The fourth-order valence-corrected chi connectivity index (χ4v) is 7.83. The van der Waals surface area contributed by atoms with Crippen molar-refractivity contribution in [1.29, 1.82) is 10.5 Å². The van der Waals surface area contributed by atoms with Crippen LogP contribution in [0.15, 0.2) is 152 Å². The topological polar surface area (TPSA) is 62.4 Å². The third-order valence-corrected chi connectivity index (χ3v) is 9.85. The SMILES string of the molecule is N#Cc1ccc2c(c1)c1ccccc1n2-c1cccc(-n2c3ccc(C#N)cc3c3ccc4c5ccccc5n(-c5ccccc5)c4c32)c1. The fraction of sp³-hybridized carbons (Fsp3) is 0. The van der Waals surface area contributed by atoms with Crippen molar-refractivity contribution in [2.75, 3.05) is 0 Å². The molecule has 3 aromatic heterocycles. The first-order valence-corrected chi connectivity index (χ1v) is 16.2. The Morgan fingerprint density at radius 2 is 0.776 bits per heavy atom. The molecule has 49 heavy (non-hydrogen) atoms. The molecule has 0 spiro atoms. The fourth-order valence-electron chi connectivity index (χ4n) is 7.83. The third kappa shape index (κ3) is 3.79. The van der Waals surface area contributed by atoms with Crippen LogP contribution in [-0.2, 0) is 0 Å². The number of rotatable bonds is 3. The summed E-state index contributed by atoms with van der Waals surface area (Å²) in [5.74, 6) is 0. The zero-order valence-corrected chi connectivity index (χ0v) is 26.2. The molecule has 226 valence electrons. The second kappa shape index (κ2) is 10.2. The Labute approximate surface area is 280 Å². The maximum absolute atomic E-state index is 9.92.